The highest BCUT2D eigenvalue weighted by molar-refractivity contribution is 7.91. The third-order valence-corrected chi connectivity index (χ3v) is 9.18. The second-order valence-corrected chi connectivity index (χ2v) is 13.7. The normalized spacial score (nSPS) is 23.3. The van der Waals surface area contributed by atoms with Crippen LogP contribution in [0.5, 0.6) is 0 Å². The van der Waals surface area contributed by atoms with Gasteiger partial charge in [-0.15, -0.1) is 0 Å². The highest BCUT2D eigenvalue weighted by atomic mass is 35.5. The van der Waals surface area contributed by atoms with Crippen LogP contribution < -0.4 is 0 Å². The number of benzene rings is 2. The fourth-order valence-corrected chi connectivity index (χ4v) is 7.62. The molecular formula is C27H31Cl2NO7S. The Labute approximate surface area is 232 Å². The van der Waals surface area contributed by atoms with Crippen LogP contribution in [0.25, 0.3) is 0 Å². The minimum Gasteiger partial charge on any atom is -0.481 e. The van der Waals surface area contributed by atoms with Gasteiger partial charge in [0.1, 0.15) is 12.2 Å². The first-order valence-corrected chi connectivity index (χ1v) is 14.9. The molecule has 1 aliphatic carbocycles. The zero-order valence-electron chi connectivity index (χ0n) is 21.1. The average Bonchev–Trinajstić information content (AvgIpc) is 3.63. The second-order valence-electron chi connectivity index (χ2n) is 10.7. The van der Waals surface area contributed by atoms with Crippen molar-refractivity contribution in [2.24, 2.45) is 5.92 Å². The van der Waals surface area contributed by atoms with Crippen LogP contribution in [0.1, 0.15) is 56.4 Å². The highest BCUT2D eigenvalue weighted by Crippen LogP contribution is 2.48. The van der Waals surface area contributed by atoms with Crippen LogP contribution in [0.4, 0.5) is 0 Å². The Bertz CT molecular complexity index is 1290. The summed E-state index contributed by atoms with van der Waals surface area (Å²) < 4.78 is 32.6. The van der Waals surface area contributed by atoms with Crippen LogP contribution in [-0.4, -0.2) is 64.7 Å². The smallest absolute Gasteiger partial charge is 0.306 e. The lowest BCUT2D eigenvalue weighted by atomic mass is 9.89. The number of nitrogens with zero attached hydrogens (tertiary/aromatic N) is 1. The molecule has 0 spiro atoms. The third-order valence-electron chi connectivity index (χ3n) is 6.70. The van der Waals surface area contributed by atoms with E-state index < -0.39 is 63.8 Å². The molecular weight excluding hydrogens is 553 g/mol. The first-order chi connectivity index (χ1) is 17.7. The number of carboxylic acid groups (broad SMARTS) is 1. The van der Waals surface area contributed by atoms with E-state index in [4.69, 9.17) is 27.9 Å². The summed E-state index contributed by atoms with van der Waals surface area (Å²) in [5.41, 5.74) is -0.168. The lowest BCUT2D eigenvalue weighted by Crippen LogP contribution is -2.57. The van der Waals surface area contributed by atoms with Gasteiger partial charge in [-0.2, -0.15) is 0 Å². The summed E-state index contributed by atoms with van der Waals surface area (Å²) in [5.74, 6) is -2.71. The third kappa shape index (κ3) is 7.07. The molecule has 38 heavy (non-hydrogen) atoms. The Kier molecular flexibility index (Phi) is 8.45. The molecule has 8 nitrogen and oxygen atoms in total. The Morgan fingerprint density at radius 3 is 2.32 bits per heavy atom. The molecule has 2 aliphatic rings. The van der Waals surface area contributed by atoms with E-state index in [0.29, 0.717) is 21.2 Å². The molecule has 1 heterocycles. The van der Waals surface area contributed by atoms with Gasteiger partial charge < -0.3 is 19.8 Å². The van der Waals surface area contributed by atoms with Crippen LogP contribution >= 0.6 is 23.2 Å². The number of rotatable bonds is 10. The molecule has 1 amide bonds. The molecule has 206 valence electrons. The van der Waals surface area contributed by atoms with Gasteiger partial charge in [0.25, 0.3) is 5.91 Å². The summed E-state index contributed by atoms with van der Waals surface area (Å²) in [6.45, 7) is 2.84. The molecule has 4 rings (SSSR count). The summed E-state index contributed by atoms with van der Waals surface area (Å²) in [7, 11) is -3.80. The van der Waals surface area contributed by atoms with E-state index in [1.165, 1.54) is 18.7 Å². The van der Waals surface area contributed by atoms with Crippen molar-refractivity contribution in [2.45, 2.75) is 63.0 Å². The molecule has 0 radical (unpaired) electrons. The number of carboxylic acids is 1. The van der Waals surface area contributed by atoms with Gasteiger partial charge in [0.05, 0.1) is 29.6 Å². The van der Waals surface area contributed by atoms with Gasteiger partial charge in [-0.1, -0.05) is 47.5 Å². The molecule has 0 unspecified atom stereocenters. The zero-order chi connectivity index (χ0) is 27.8. The summed E-state index contributed by atoms with van der Waals surface area (Å²) in [5, 5.41) is 20.7. The molecule has 4 atom stereocenters. The predicted octanol–water partition coefficient (Wildman–Crippen LogP) is 4.44. The van der Waals surface area contributed by atoms with Crippen molar-refractivity contribution in [2.75, 3.05) is 11.5 Å². The maximum absolute atomic E-state index is 13.9. The van der Waals surface area contributed by atoms with Crippen LogP contribution in [0, 0.1) is 5.92 Å². The van der Waals surface area contributed by atoms with Gasteiger partial charge in [0.2, 0.25) is 0 Å². The fourth-order valence-electron chi connectivity index (χ4n) is 5.14. The largest absolute Gasteiger partial charge is 0.481 e. The summed E-state index contributed by atoms with van der Waals surface area (Å²) >= 11 is 12.4. The molecule has 0 bridgehead atoms. The van der Waals surface area contributed by atoms with Crippen LogP contribution in [-0.2, 0) is 24.2 Å². The lowest BCUT2D eigenvalue weighted by molar-refractivity contribution is -0.183. The quantitative estimate of drug-likeness (QED) is 0.424. The van der Waals surface area contributed by atoms with E-state index in [0.717, 1.165) is 12.8 Å². The number of hydrogen-bond acceptors (Lipinski definition) is 6. The molecule has 2 N–H and O–H groups in total. The molecule has 1 saturated carbocycles. The summed E-state index contributed by atoms with van der Waals surface area (Å²) in [6.07, 6.45) is -1.26. The topological polar surface area (TPSA) is 121 Å². The standard InChI is InChI=1S/C27H31Cl2NO7S/c1-27(2,34)15-38(35,36)14-21(16-6-7-16)30-24(17-8-10-19(28)11-9-17)25(18-4-3-5-20(29)12-18)37-22(26(30)33)13-23(31)32/h3-5,8-12,16,21-22,24-25,34H,6-7,13-15H2,1-2H3,(H,31,32)/t21-,22-,24-,25-/m1/s1. The van der Waals surface area contributed by atoms with E-state index in [-0.39, 0.29) is 11.7 Å². The predicted molar refractivity (Wildman–Crippen MR) is 144 cm³/mol. The van der Waals surface area contributed by atoms with E-state index in [1.807, 2.05) is 0 Å². The van der Waals surface area contributed by atoms with E-state index in [2.05, 4.69) is 0 Å². The van der Waals surface area contributed by atoms with Gasteiger partial charge in [0, 0.05) is 16.1 Å². The average molecular weight is 585 g/mol. The Morgan fingerprint density at radius 2 is 1.76 bits per heavy atom. The van der Waals surface area contributed by atoms with Gasteiger partial charge in [0.15, 0.2) is 9.84 Å². The minimum atomic E-state index is -3.80. The molecule has 0 aromatic heterocycles. The fraction of sp³-hybridized carbons (Fsp3) is 0.481. The Hall–Kier alpha value is -2.17. The van der Waals surface area contributed by atoms with Gasteiger partial charge in [-0.05, 0) is 68.0 Å². The lowest BCUT2D eigenvalue weighted by Gasteiger charge is -2.48. The summed E-state index contributed by atoms with van der Waals surface area (Å²) in [4.78, 5) is 27.2. The SMILES string of the molecule is CC(C)(O)CS(=O)(=O)C[C@H](C1CC1)N1C(=O)[C@@H](CC(=O)O)O[C@H](c2cccc(Cl)c2)[C@H]1c1ccc(Cl)cc1. The molecule has 1 saturated heterocycles. The maximum Gasteiger partial charge on any atom is 0.306 e. The van der Waals surface area contributed by atoms with Crippen molar-refractivity contribution in [3.63, 3.8) is 0 Å². The first kappa shape index (κ1) is 28.8. The van der Waals surface area contributed by atoms with Gasteiger partial charge >= 0.3 is 5.97 Å². The van der Waals surface area contributed by atoms with Gasteiger partial charge in [-0.25, -0.2) is 8.42 Å². The number of carbonyl (C=O) groups is 2. The van der Waals surface area contributed by atoms with Crippen molar-refractivity contribution in [1.29, 1.82) is 0 Å². The number of hydrogen-bond donors (Lipinski definition) is 2. The van der Waals surface area contributed by atoms with E-state index in [1.54, 1.807) is 48.5 Å². The number of ether oxygens (including phenoxy) is 1. The van der Waals surface area contributed by atoms with Gasteiger partial charge in [-0.3, -0.25) is 9.59 Å². The van der Waals surface area contributed by atoms with E-state index in [9.17, 15) is 28.2 Å². The molecule has 2 aromatic rings. The minimum absolute atomic E-state index is 0.0890. The number of sulfone groups is 1. The summed E-state index contributed by atoms with van der Waals surface area (Å²) in [6, 6.07) is 12.2. The monoisotopic (exact) mass is 583 g/mol. The Morgan fingerprint density at radius 1 is 1.11 bits per heavy atom. The number of amides is 1. The van der Waals surface area contributed by atoms with Crippen LogP contribution in [0.15, 0.2) is 48.5 Å². The van der Waals surface area contributed by atoms with Crippen molar-refractivity contribution in [3.05, 3.63) is 69.7 Å². The number of carbonyl (C=O) groups excluding carboxylic acids is 1. The molecule has 1 aliphatic heterocycles. The van der Waals surface area contributed by atoms with Crippen molar-refractivity contribution >= 4 is 44.9 Å². The van der Waals surface area contributed by atoms with Crippen molar-refractivity contribution in [1.82, 2.24) is 4.90 Å². The van der Waals surface area contributed by atoms with Crippen LogP contribution in [0.2, 0.25) is 10.0 Å². The highest BCUT2D eigenvalue weighted by Gasteiger charge is 2.51. The number of aliphatic hydroxyl groups is 1. The van der Waals surface area contributed by atoms with Crippen molar-refractivity contribution < 1.29 is 33.0 Å². The maximum atomic E-state index is 13.9. The number of halogens is 2. The Balaban J connectivity index is 1.86. The van der Waals surface area contributed by atoms with Crippen molar-refractivity contribution in [3.8, 4) is 0 Å². The number of aliphatic carboxylic acids is 1. The number of morpholine rings is 1. The second kappa shape index (κ2) is 11.1. The van der Waals surface area contributed by atoms with E-state index >= 15 is 0 Å². The molecule has 2 fully saturated rings. The molecule has 11 heteroatoms. The van der Waals surface area contributed by atoms with Crippen LogP contribution in [0.3, 0.4) is 0 Å². The molecule has 2 aromatic carbocycles. The first-order valence-electron chi connectivity index (χ1n) is 12.4. The zero-order valence-corrected chi connectivity index (χ0v) is 23.4.